The van der Waals surface area contributed by atoms with Gasteiger partial charge in [-0.3, -0.25) is 9.59 Å². The van der Waals surface area contributed by atoms with E-state index in [0.29, 0.717) is 23.4 Å². The fourth-order valence-corrected chi connectivity index (χ4v) is 3.88. The first-order valence-electron chi connectivity index (χ1n) is 9.20. The minimum absolute atomic E-state index is 0.125. The number of hydrogen-bond acceptors (Lipinski definition) is 5. The van der Waals surface area contributed by atoms with Gasteiger partial charge in [0, 0.05) is 17.8 Å². The topological polar surface area (TPSA) is 84.2 Å². The fourth-order valence-electron chi connectivity index (χ4n) is 3.10. The van der Waals surface area contributed by atoms with E-state index in [9.17, 15) is 9.59 Å². The van der Waals surface area contributed by atoms with Crippen LogP contribution < -0.4 is 10.6 Å². The highest BCUT2D eigenvalue weighted by atomic mass is 32.1. The molecule has 0 spiro atoms. The number of aromatic nitrogens is 1. The number of carbonyl (C=O) groups is 2. The zero-order chi connectivity index (χ0) is 20.2. The van der Waals surface area contributed by atoms with Gasteiger partial charge in [-0.05, 0) is 48.8 Å². The van der Waals surface area contributed by atoms with Crippen LogP contribution in [0.25, 0.3) is 10.1 Å². The van der Waals surface area contributed by atoms with Crippen LogP contribution in [0.3, 0.4) is 0 Å². The fraction of sp³-hybridized carbons (Fsp3) is 0.136. The van der Waals surface area contributed by atoms with Crippen LogP contribution in [0.1, 0.15) is 33.5 Å². The molecule has 1 atom stereocenters. The molecule has 0 saturated carbocycles. The summed E-state index contributed by atoms with van der Waals surface area (Å²) in [5, 5.41) is 6.57. The third kappa shape index (κ3) is 4.20. The molecule has 0 aliphatic heterocycles. The molecule has 0 saturated heterocycles. The molecule has 2 aromatic carbocycles. The lowest BCUT2D eigenvalue weighted by molar-refractivity contribution is 0.0940. The predicted molar refractivity (Wildman–Crippen MR) is 113 cm³/mol. The molecular weight excluding hydrogens is 386 g/mol. The summed E-state index contributed by atoms with van der Waals surface area (Å²) in [5.74, 6) is 0.198. The molecule has 7 heteroatoms. The molecule has 4 rings (SSSR count). The van der Waals surface area contributed by atoms with Gasteiger partial charge < -0.3 is 15.1 Å². The highest BCUT2D eigenvalue weighted by Crippen LogP contribution is 2.24. The Labute approximate surface area is 171 Å². The molecule has 0 radical (unpaired) electrons. The maximum absolute atomic E-state index is 12.8. The van der Waals surface area contributed by atoms with E-state index in [1.807, 2.05) is 43.3 Å². The highest BCUT2D eigenvalue weighted by Gasteiger charge is 2.19. The smallest absolute Gasteiger partial charge is 0.276 e. The molecule has 2 amide bonds. The van der Waals surface area contributed by atoms with Crippen molar-refractivity contribution in [3.05, 3.63) is 83.9 Å². The van der Waals surface area contributed by atoms with E-state index in [2.05, 4.69) is 15.0 Å². The van der Waals surface area contributed by atoms with Crippen molar-refractivity contribution in [2.45, 2.75) is 19.4 Å². The Morgan fingerprint density at radius 2 is 1.83 bits per heavy atom. The van der Waals surface area contributed by atoms with Crippen LogP contribution in [0.15, 0.2) is 71.3 Å². The molecule has 29 heavy (non-hydrogen) atoms. The van der Waals surface area contributed by atoms with Gasteiger partial charge in [0.1, 0.15) is 11.5 Å². The monoisotopic (exact) mass is 405 g/mol. The van der Waals surface area contributed by atoms with Crippen molar-refractivity contribution in [3.63, 3.8) is 0 Å². The van der Waals surface area contributed by atoms with Crippen LogP contribution in [-0.4, -0.2) is 22.2 Å². The van der Waals surface area contributed by atoms with E-state index in [1.165, 1.54) is 11.5 Å². The second-order valence-electron chi connectivity index (χ2n) is 6.69. The first kappa shape index (κ1) is 18.9. The molecule has 0 aliphatic carbocycles. The zero-order valence-corrected chi connectivity index (χ0v) is 16.5. The Morgan fingerprint density at radius 1 is 1.03 bits per heavy atom. The SMILES string of the molecule is C[C@@H](Cc1ccco1)NC(=O)c1ccccc1NC(=O)c1nsc2ccccc12. The average molecular weight is 405 g/mol. The van der Waals surface area contributed by atoms with Crippen molar-refractivity contribution in [1.29, 1.82) is 0 Å². The number of anilines is 1. The quantitative estimate of drug-likeness (QED) is 0.495. The van der Waals surface area contributed by atoms with Gasteiger partial charge in [0.25, 0.3) is 11.8 Å². The first-order valence-corrected chi connectivity index (χ1v) is 9.97. The molecule has 2 aromatic heterocycles. The summed E-state index contributed by atoms with van der Waals surface area (Å²) in [6, 6.07) is 18.1. The summed E-state index contributed by atoms with van der Waals surface area (Å²) in [5.41, 5.74) is 1.19. The second kappa shape index (κ2) is 8.28. The lowest BCUT2D eigenvalue weighted by Crippen LogP contribution is -2.34. The van der Waals surface area contributed by atoms with Crippen LogP contribution in [0.5, 0.6) is 0 Å². The number of fused-ring (bicyclic) bond motifs is 1. The van der Waals surface area contributed by atoms with Gasteiger partial charge in [0.2, 0.25) is 0 Å². The van der Waals surface area contributed by atoms with Gasteiger partial charge in [-0.15, -0.1) is 0 Å². The molecule has 2 N–H and O–H groups in total. The number of amides is 2. The number of hydrogen-bond donors (Lipinski definition) is 2. The second-order valence-corrected chi connectivity index (χ2v) is 7.49. The van der Waals surface area contributed by atoms with Crippen molar-refractivity contribution in [3.8, 4) is 0 Å². The zero-order valence-electron chi connectivity index (χ0n) is 15.7. The van der Waals surface area contributed by atoms with Crippen molar-refractivity contribution in [1.82, 2.24) is 9.69 Å². The molecule has 146 valence electrons. The lowest BCUT2D eigenvalue weighted by Gasteiger charge is -2.15. The summed E-state index contributed by atoms with van der Waals surface area (Å²) in [7, 11) is 0. The summed E-state index contributed by atoms with van der Waals surface area (Å²) >= 11 is 1.27. The van der Waals surface area contributed by atoms with E-state index in [-0.39, 0.29) is 17.9 Å². The Morgan fingerprint density at radius 3 is 2.66 bits per heavy atom. The van der Waals surface area contributed by atoms with Gasteiger partial charge >= 0.3 is 0 Å². The summed E-state index contributed by atoms with van der Waals surface area (Å²) in [6.45, 7) is 1.91. The van der Waals surface area contributed by atoms with E-state index in [0.717, 1.165) is 15.8 Å². The van der Waals surface area contributed by atoms with Crippen molar-refractivity contribution < 1.29 is 14.0 Å². The van der Waals surface area contributed by atoms with Crippen LogP contribution >= 0.6 is 11.5 Å². The Balaban J connectivity index is 1.50. The number of benzene rings is 2. The number of nitrogens with one attached hydrogen (secondary N) is 2. The van der Waals surface area contributed by atoms with Gasteiger partial charge in [-0.25, -0.2) is 0 Å². The van der Waals surface area contributed by atoms with E-state index in [1.54, 1.807) is 30.5 Å². The number of carbonyl (C=O) groups excluding carboxylic acids is 2. The summed E-state index contributed by atoms with van der Waals surface area (Å²) in [4.78, 5) is 25.6. The normalized spacial score (nSPS) is 11.9. The standard InChI is InChI=1S/C22H19N3O3S/c1-14(13-15-7-6-12-28-15)23-21(26)16-8-2-4-10-18(16)24-22(27)20-17-9-3-5-11-19(17)29-25-20/h2-12,14H,13H2,1H3,(H,23,26)(H,24,27)/t14-/m0/s1. The van der Waals surface area contributed by atoms with E-state index < -0.39 is 0 Å². The van der Waals surface area contributed by atoms with E-state index >= 15 is 0 Å². The maximum atomic E-state index is 12.8. The molecule has 0 bridgehead atoms. The Hall–Kier alpha value is -3.45. The predicted octanol–water partition coefficient (Wildman–Crippen LogP) is 4.50. The maximum Gasteiger partial charge on any atom is 0.276 e. The van der Waals surface area contributed by atoms with Crippen LogP contribution in [0.4, 0.5) is 5.69 Å². The third-order valence-corrected chi connectivity index (χ3v) is 5.30. The summed E-state index contributed by atoms with van der Waals surface area (Å²) < 4.78 is 10.5. The molecule has 6 nitrogen and oxygen atoms in total. The van der Waals surface area contributed by atoms with Crippen LogP contribution in [0.2, 0.25) is 0 Å². The highest BCUT2D eigenvalue weighted by molar-refractivity contribution is 7.13. The Kier molecular flexibility index (Phi) is 5.39. The average Bonchev–Trinajstić information content (AvgIpc) is 3.37. The molecule has 2 heterocycles. The number of furan rings is 1. The lowest BCUT2D eigenvalue weighted by atomic mass is 10.1. The molecule has 0 aliphatic rings. The van der Waals surface area contributed by atoms with Gasteiger partial charge in [-0.2, -0.15) is 4.37 Å². The minimum Gasteiger partial charge on any atom is -0.469 e. The molecule has 0 fully saturated rings. The van der Waals surface area contributed by atoms with Gasteiger partial charge in [0.15, 0.2) is 0 Å². The van der Waals surface area contributed by atoms with Crippen molar-refractivity contribution in [2.75, 3.05) is 5.32 Å². The number of nitrogens with zero attached hydrogens (tertiary/aromatic N) is 1. The number of rotatable bonds is 6. The van der Waals surface area contributed by atoms with Gasteiger partial charge in [-0.1, -0.05) is 30.3 Å². The van der Waals surface area contributed by atoms with Gasteiger partial charge in [0.05, 0.1) is 22.2 Å². The molecule has 0 unspecified atom stereocenters. The van der Waals surface area contributed by atoms with Crippen molar-refractivity contribution >= 4 is 39.1 Å². The summed E-state index contributed by atoms with van der Waals surface area (Å²) in [6.07, 6.45) is 2.19. The molecule has 4 aromatic rings. The Bertz CT molecular complexity index is 1150. The first-order chi connectivity index (χ1) is 14.1. The third-order valence-electron chi connectivity index (χ3n) is 4.48. The van der Waals surface area contributed by atoms with Crippen LogP contribution in [-0.2, 0) is 6.42 Å². The number of para-hydroxylation sites is 1. The molecular formula is C22H19N3O3S. The minimum atomic E-state index is -0.341. The van der Waals surface area contributed by atoms with Crippen LogP contribution in [0, 0.1) is 0 Å². The van der Waals surface area contributed by atoms with E-state index in [4.69, 9.17) is 4.42 Å². The van der Waals surface area contributed by atoms with Crippen molar-refractivity contribution in [2.24, 2.45) is 0 Å². The largest absolute Gasteiger partial charge is 0.469 e.